The van der Waals surface area contributed by atoms with Crippen molar-refractivity contribution in [1.82, 2.24) is 10.2 Å². The van der Waals surface area contributed by atoms with Crippen LogP contribution < -0.4 is 19.7 Å². The number of carbonyl (C=O) groups excluding carboxylic acids is 1. The highest BCUT2D eigenvalue weighted by molar-refractivity contribution is 7.99. The zero-order chi connectivity index (χ0) is 23.0. The molecule has 6 nitrogen and oxygen atoms in total. The van der Waals surface area contributed by atoms with Crippen molar-refractivity contribution in [2.24, 2.45) is 0 Å². The van der Waals surface area contributed by atoms with E-state index in [9.17, 15) is 9.18 Å². The normalized spacial score (nSPS) is 15.9. The lowest BCUT2D eigenvalue weighted by Gasteiger charge is -2.36. The average Bonchev–Trinajstić information content (AvgIpc) is 2.84. The number of amides is 1. The predicted molar refractivity (Wildman–Crippen MR) is 134 cm³/mol. The van der Waals surface area contributed by atoms with E-state index in [0.717, 1.165) is 51.3 Å². The maximum Gasteiger partial charge on any atom is 0.250 e. The van der Waals surface area contributed by atoms with Gasteiger partial charge in [0.25, 0.3) is 5.91 Å². The van der Waals surface area contributed by atoms with Gasteiger partial charge in [-0.25, -0.2) is 4.39 Å². The molecular formula is C25H31FN4O2S. The summed E-state index contributed by atoms with van der Waals surface area (Å²) in [5.74, 6) is 0.131. The molecule has 0 aromatic heterocycles. The fourth-order valence-electron chi connectivity index (χ4n) is 4.17. The van der Waals surface area contributed by atoms with Gasteiger partial charge in [-0.1, -0.05) is 18.0 Å². The molecule has 2 aliphatic heterocycles. The molecule has 2 heterocycles. The summed E-state index contributed by atoms with van der Waals surface area (Å²) >= 11 is 1.61. The van der Waals surface area contributed by atoms with Gasteiger partial charge in [0.1, 0.15) is 18.2 Å². The highest BCUT2D eigenvalue weighted by Crippen LogP contribution is 2.27. The van der Waals surface area contributed by atoms with Crippen LogP contribution in [0.15, 0.2) is 48.0 Å². The van der Waals surface area contributed by atoms with Crippen LogP contribution in [0.1, 0.15) is 18.4 Å². The van der Waals surface area contributed by atoms with Gasteiger partial charge in [0.2, 0.25) is 0 Å². The number of rotatable bonds is 9. The van der Waals surface area contributed by atoms with Gasteiger partial charge in [-0.2, -0.15) is 0 Å². The first-order chi connectivity index (χ1) is 16.1. The van der Waals surface area contributed by atoms with E-state index >= 15 is 0 Å². The first-order valence-corrected chi connectivity index (χ1v) is 12.6. The van der Waals surface area contributed by atoms with Gasteiger partial charge in [0.05, 0.1) is 5.57 Å². The number of carbonyl (C=O) groups is 1. The van der Waals surface area contributed by atoms with Gasteiger partial charge >= 0.3 is 0 Å². The Kier molecular flexibility index (Phi) is 8.12. The number of nitrogens with zero attached hydrogens (tertiary/aromatic N) is 2. The summed E-state index contributed by atoms with van der Waals surface area (Å²) in [5, 5.41) is 2.96. The number of halogens is 1. The van der Waals surface area contributed by atoms with Crippen LogP contribution in [-0.2, 0) is 4.79 Å². The largest absolute Gasteiger partial charge is 0.488 e. The van der Waals surface area contributed by atoms with Crippen molar-refractivity contribution in [3.8, 4) is 5.75 Å². The number of nitrogens with one attached hydrogen (secondary N) is 2. The molecule has 0 aliphatic carbocycles. The second kappa shape index (κ2) is 11.4. The zero-order valence-electron chi connectivity index (χ0n) is 19.0. The lowest BCUT2D eigenvalue weighted by molar-refractivity contribution is -0.117. The van der Waals surface area contributed by atoms with Crippen molar-refractivity contribution in [3.63, 3.8) is 0 Å². The molecule has 0 unspecified atom stereocenters. The minimum Gasteiger partial charge on any atom is -0.488 e. The summed E-state index contributed by atoms with van der Waals surface area (Å²) in [5.41, 5.74) is 3.54. The van der Waals surface area contributed by atoms with Crippen LogP contribution in [-0.4, -0.2) is 62.9 Å². The number of anilines is 2. The summed E-state index contributed by atoms with van der Waals surface area (Å²) in [6.45, 7) is 6.02. The smallest absolute Gasteiger partial charge is 0.250 e. The Bertz CT molecular complexity index is 992. The molecule has 2 N–H and O–H groups in total. The first-order valence-electron chi connectivity index (χ1n) is 11.4. The van der Waals surface area contributed by atoms with Crippen LogP contribution >= 0.6 is 11.9 Å². The van der Waals surface area contributed by atoms with Crippen molar-refractivity contribution in [3.05, 3.63) is 59.4 Å². The summed E-state index contributed by atoms with van der Waals surface area (Å²) in [7, 11) is 0. The van der Waals surface area contributed by atoms with E-state index in [4.69, 9.17) is 4.74 Å². The topological polar surface area (TPSA) is 56.8 Å². The highest BCUT2D eigenvalue weighted by Gasteiger charge is 2.19. The molecule has 0 bridgehead atoms. The molecule has 33 heavy (non-hydrogen) atoms. The molecule has 4 rings (SSSR count). The molecule has 2 aromatic carbocycles. The Morgan fingerprint density at radius 2 is 1.97 bits per heavy atom. The molecular weight excluding hydrogens is 439 g/mol. The maximum atomic E-state index is 13.4. The monoisotopic (exact) mass is 470 g/mol. The minimum atomic E-state index is -0.336. The van der Waals surface area contributed by atoms with Crippen LogP contribution in [0.25, 0.3) is 6.08 Å². The van der Waals surface area contributed by atoms with Gasteiger partial charge in [0, 0.05) is 55.9 Å². The number of ether oxygens (including phenoxy) is 1. The Hall–Kier alpha value is -2.71. The number of unbranched alkanes of at least 4 members (excludes halogenated alkanes) is 1. The minimum absolute atomic E-state index is 0.142. The molecule has 2 aliphatic rings. The summed E-state index contributed by atoms with van der Waals surface area (Å²) in [6, 6.07) is 12.9. The molecule has 0 spiro atoms. The maximum absolute atomic E-state index is 13.4. The van der Waals surface area contributed by atoms with Crippen LogP contribution in [0.4, 0.5) is 15.8 Å². The van der Waals surface area contributed by atoms with Crippen LogP contribution in [0.3, 0.4) is 0 Å². The quantitative estimate of drug-likeness (QED) is 0.427. The fourth-order valence-corrected chi connectivity index (χ4v) is 4.53. The molecule has 1 saturated heterocycles. The number of hydrogen-bond acceptors (Lipinski definition) is 6. The van der Waals surface area contributed by atoms with E-state index in [-0.39, 0.29) is 18.3 Å². The summed E-state index contributed by atoms with van der Waals surface area (Å²) in [4.78, 5) is 17.3. The van der Waals surface area contributed by atoms with E-state index in [1.165, 1.54) is 17.8 Å². The van der Waals surface area contributed by atoms with Gasteiger partial charge in [-0.05, 0) is 61.9 Å². The summed E-state index contributed by atoms with van der Waals surface area (Å²) < 4.78 is 22.3. The third-order valence-corrected chi connectivity index (χ3v) is 6.41. The Morgan fingerprint density at radius 1 is 1.12 bits per heavy atom. The average molecular weight is 471 g/mol. The van der Waals surface area contributed by atoms with Crippen molar-refractivity contribution >= 4 is 35.3 Å². The van der Waals surface area contributed by atoms with Gasteiger partial charge in [-0.3, -0.25) is 9.69 Å². The molecule has 1 fully saturated rings. The molecule has 2 aromatic rings. The van der Waals surface area contributed by atoms with E-state index in [1.807, 2.05) is 6.26 Å². The van der Waals surface area contributed by atoms with E-state index in [1.54, 1.807) is 24.1 Å². The molecule has 0 atom stereocenters. The predicted octanol–water partition coefficient (Wildman–Crippen LogP) is 4.01. The second-order valence-electron chi connectivity index (χ2n) is 8.29. The summed E-state index contributed by atoms with van der Waals surface area (Å²) in [6.07, 6.45) is 5.70. The lowest BCUT2D eigenvalue weighted by atomic mass is 10.1. The number of fused-ring (bicyclic) bond motifs is 1. The third-order valence-electron chi connectivity index (χ3n) is 5.97. The molecule has 1 amide bonds. The van der Waals surface area contributed by atoms with Gasteiger partial charge in [0.15, 0.2) is 0 Å². The first kappa shape index (κ1) is 23.4. The van der Waals surface area contributed by atoms with Crippen LogP contribution in [0.5, 0.6) is 5.75 Å². The van der Waals surface area contributed by atoms with Crippen molar-refractivity contribution < 1.29 is 13.9 Å². The fraction of sp³-hybridized carbons (Fsp3) is 0.400. The zero-order valence-corrected chi connectivity index (χ0v) is 19.8. The van der Waals surface area contributed by atoms with E-state index < -0.39 is 0 Å². The Morgan fingerprint density at radius 3 is 2.79 bits per heavy atom. The Balaban J connectivity index is 1.14. The van der Waals surface area contributed by atoms with Crippen molar-refractivity contribution in [1.29, 1.82) is 0 Å². The molecule has 176 valence electrons. The van der Waals surface area contributed by atoms with E-state index in [0.29, 0.717) is 23.4 Å². The van der Waals surface area contributed by atoms with Crippen molar-refractivity contribution in [2.45, 2.75) is 12.8 Å². The van der Waals surface area contributed by atoms with E-state index in [2.05, 4.69) is 44.1 Å². The van der Waals surface area contributed by atoms with Crippen LogP contribution in [0.2, 0.25) is 0 Å². The molecule has 0 radical (unpaired) electrons. The van der Waals surface area contributed by atoms with Crippen LogP contribution in [0, 0.1) is 5.82 Å². The van der Waals surface area contributed by atoms with Crippen molar-refractivity contribution in [2.75, 3.05) is 61.8 Å². The molecule has 8 heteroatoms. The van der Waals surface area contributed by atoms with Gasteiger partial charge in [-0.15, -0.1) is 0 Å². The highest BCUT2D eigenvalue weighted by atomic mass is 32.2. The standard InChI is InChI=1S/C25H31FN4O2S/c1-33-28-22-5-4-6-23(17-22)30-13-11-29(12-14-30)10-3-2-9-27-25(31)20-15-19-16-21(26)7-8-24(19)32-18-20/h4-8,15-17,28H,2-3,9-14,18H2,1H3,(H,27,31). The Labute approximate surface area is 199 Å². The number of piperazine rings is 1. The lowest BCUT2D eigenvalue weighted by Crippen LogP contribution is -2.46. The number of benzene rings is 2. The molecule has 0 saturated carbocycles. The number of hydrogen-bond donors (Lipinski definition) is 2. The van der Waals surface area contributed by atoms with Gasteiger partial charge < -0.3 is 19.7 Å². The SMILES string of the molecule is CSNc1cccc(N2CCN(CCCCNC(=O)C3=Cc4cc(F)ccc4OC3)CC2)c1. The third kappa shape index (κ3) is 6.42. The second-order valence-corrected chi connectivity index (χ2v) is 8.90.